The van der Waals surface area contributed by atoms with E-state index in [2.05, 4.69) is 10.3 Å². The molecule has 1 amide bonds. The first-order chi connectivity index (χ1) is 10.9. The zero-order valence-corrected chi connectivity index (χ0v) is 13.3. The van der Waals surface area contributed by atoms with Crippen molar-refractivity contribution < 1.29 is 14.7 Å². The van der Waals surface area contributed by atoms with Crippen LogP contribution in [-0.4, -0.2) is 22.9 Å². The molecule has 1 aliphatic rings. The van der Waals surface area contributed by atoms with Crippen molar-refractivity contribution in [3.05, 3.63) is 47.5 Å². The highest BCUT2D eigenvalue weighted by atomic mass is 35.5. The molecule has 7 nitrogen and oxygen atoms in total. The summed E-state index contributed by atoms with van der Waals surface area (Å²) < 4.78 is 0. The minimum atomic E-state index is -1.05. The van der Waals surface area contributed by atoms with Crippen LogP contribution < -0.4 is 16.8 Å². The Kier molecular flexibility index (Phi) is 4.75. The van der Waals surface area contributed by atoms with Crippen molar-refractivity contribution in [3.8, 4) is 11.1 Å². The highest BCUT2D eigenvalue weighted by Crippen LogP contribution is 2.33. The van der Waals surface area contributed by atoms with E-state index in [9.17, 15) is 14.7 Å². The predicted molar refractivity (Wildman–Crippen MR) is 93.9 cm³/mol. The van der Waals surface area contributed by atoms with Gasteiger partial charge in [0.1, 0.15) is 0 Å². The molecule has 0 saturated heterocycles. The zero-order chi connectivity index (χ0) is 16.6. The molecule has 6 N–H and O–H groups in total. The van der Waals surface area contributed by atoms with Crippen LogP contribution in [0.5, 0.6) is 0 Å². The second kappa shape index (κ2) is 6.59. The normalized spacial score (nSPS) is 11.9. The summed E-state index contributed by atoms with van der Waals surface area (Å²) in [6, 6.07) is 9.91. The monoisotopic (exact) mass is 346 g/mol. The van der Waals surface area contributed by atoms with Gasteiger partial charge in [0.25, 0.3) is 0 Å². The lowest BCUT2D eigenvalue weighted by molar-refractivity contribution is -0.115. The minimum Gasteiger partial charge on any atom is -0.478 e. The van der Waals surface area contributed by atoms with Gasteiger partial charge in [-0.15, -0.1) is 12.4 Å². The first-order valence-electron chi connectivity index (χ1n) is 6.84. The Labute approximate surface area is 143 Å². The summed E-state index contributed by atoms with van der Waals surface area (Å²) in [4.78, 5) is 26.9. The molecule has 1 heterocycles. The maximum Gasteiger partial charge on any atom is 0.336 e. The van der Waals surface area contributed by atoms with E-state index in [-0.39, 0.29) is 36.3 Å². The molecule has 0 bridgehead atoms. The average Bonchev–Trinajstić information content (AvgIpc) is 2.85. The number of hydrogen-bond acceptors (Lipinski definition) is 3. The van der Waals surface area contributed by atoms with E-state index in [0.29, 0.717) is 16.8 Å². The lowest BCUT2D eigenvalue weighted by Gasteiger charge is -2.09. The maximum absolute atomic E-state index is 11.5. The number of anilines is 1. The maximum atomic E-state index is 11.5. The molecule has 24 heavy (non-hydrogen) atoms. The summed E-state index contributed by atoms with van der Waals surface area (Å²) in [7, 11) is 0. The molecule has 0 saturated carbocycles. The SMILES string of the molecule is Cl.NC(N)=Nc1ccc(C(=O)O)c(-c2ccc3c(c2)CC(=O)N3)c1. The molecule has 0 aromatic heterocycles. The van der Waals surface area contributed by atoms with Crippen molar-refractivity contribution in [1.29, 1.82) is 0 Å². The van der Waals surface area contributed by atoms with Crippen molar-refractivity contribution in [1.82, 2.24) is 0 Å². The number of nitrogens with zero attached hydrogens (tertiary/aromatic N) is 1. The number of rotatable bonds is 3. The quantitative estimate of drug-likeness (QED) is 0.497. The number of carboxylic acid groups (broad SMARTS) is 1. The van der Waals surface area contributed by atoms with Gasteiger partial charge >= 0.3 is 5.97 Å². The Hall–Kier alpha value is -3.06. The fraction of sp³-hybridized carbons (Fsp3) is 0.0625. The van der Waals surface area contributed by atoms with Crippen LogP contribution in [0.2, 0.25) is 0 Å². The highest BCUT2D eigenvalue weighted by molar-refractivity contribution is 6.01. The van der Waals surface area contributed by atoms with E-state index in [1.165, 1.54) is 12.1 Å². The number of benzene rings is 2. The molecule has 2 aromatic rings. The van der Waals surface area contributed by atoms with Gasteiger partial charge in [0.2, 0.25) is 5.91 Å². The molecule has 0 spiro atoms. The zero-order valence-electron chi connectivity index (χ0n) is 12.4. The molecule has 0 atom stereocenters. The van der Waals surface area contributed by atoms with E-state index in [1.807, 2.05) is 0 Å². The second-order valence-electron chi connectivity index (χ2n) is 5.17. The molecular formula is C16H15ClN4O3. The number of aliphatic imine (C=N–C) groups is 1. The topological polar surface area (TPSA) is 131 Å². The summed E-state index contributed by atoms with van der Waals surface area (Å²) >= 11 is 0. The summed E-state index contributed by atoms with van der Waals surface area (Å²) in [6.45, 7) is 0. The van der Waals surface area contributed by atoms with E-state index < -0.39 is 5.97 Å². The smallest absolute Gasteiger partial charge is 0.336 e. The number of carbonyl (C=O) groups excluding carboxylic acids is 1. The van der Waals surface area contributed by atoms with Gasteiger partial charge in [-0.25, -0.2) is 9.79 Å². The number of nitrogens with two attached hydrogens (primary N) is 2. The van der Waals surface area contributed by atoms with Gasteiger partial charge in [-0.05, 0) is 47.0 Å². The first-order valence-corrected chi connectivity index (χ1v) is 6.84. The molecule has 0 fully saturated rings. The number of carboxylic acids is 1. The summed E-state index contributed by atoms with van der Waals surface area (Å²) in [5.74, 6) is -1.24. The molecule has 2 aromatic carbocycles. The molecule has 8 heteroatoms. The summed E-state index contributed by atoms with van der Waals surface area (Å²) in [6.07, 6.45) is 0.277. The molecule has 0 radical (unpaired) electrons. The Morgan fingerprint density at radius 3 is 2.58 bits per heavy atom. The number of fused-ring (bicyclic) bond motifs is 1. The highest BCUT2D eigenvalue weighted by Gasteiger charge is 2.19. The van der Waals surface area contributed by atoms with Gasteiger partial charge in [0.15, 0.2) is 5.96 Å². The Morgan fingerprint density at radius 1 is 1.17 bits per heavy atom. The Bertz CT molecular complexity index is 860. The number of halogens is 1. The number of carbonyl (C=O) groups is 2. The number of guanidine groups is 1. The van der Waals surface area contributed by atoms with E-state index in [0.717, 1.165) is 11.3 Å². The third-order valence-electron chi connectivity index (χ3n) is 3.53. The van der Waals surface area contributed by atoms with Crippen LogP contribution in [0.15, 0.2) is 41.4 Å². The largest absolute Gasteiger partial charge is 0.478 e. The van der Waals surface area contributed by atoms with E-state index in [1.54, 1.807) is 24.3 Å². The lowest BCUT2D eigenvalue weighted by Crippen LogP contribution is -2.21. The van der Waals surface area contributed by atoms with Gasteiger partial charge in [0.05, 0.1) is 17.7 Å². The van der Waals surface area contributed by atoms with E-state index >= 15 is 0 Å². The predicted octanol–water partition coefficient (Wildman–Crippen LogP) is 1.87. The van der Waals surface area contributed by atoms with Crippen LogP contribution in [0.25, 0.3) is 11.1 Å². The van der Waals surface area contributed by atoms with Gasteiger partial charge in [0, 0.05) is 5.69 Å². The molecule has 1 aliphatic heterocycles. The Morgan fingerprint density at radius 2 is 1.92 bits per heavy atom. The molecule has 124 valence electrons. The number of aromatic carboxylic acids is 1. The minimum absolute atomic E-state index is 0. The van der Waals surface area contributed by atoms with Crippen LogP contribution in [0.3, 0.4) is 0 Å². The molecule has 0 aliphatic carbocycles. The van der Waals surface area contributed by atoms with Crippen molar-refractivity contribution in [3.63, 3.8) is 0 Å². The standard InChI is InChI=1S/C16H14N4O3.ClH/c17-16(18)19-10-2-3-11(15(22)23)12(7-10)8-1-4-13-9(5-8)6-14(21)20-13;/h1-5,7H,6H2,(H,20,21)(H,22,23)(H4,17,18,19);1H. The third kappa shape index (κ3) is 3.31. The summed E-state index contributed by atoms with van der Waals surface area (Å²) in [5, 5.41) is 12.1. The van der Waals surface area contributed by atoms with Crippen LogP contribution in [0, 0.1) is 0 Å². The molecule has 0 unspecified atom stereocenters. The average molecular weight is 347 g/mol. The van der Waals surface area contributed by atoms with Crippen molar-refractivity contribution >= 4 is 41.6 Å². The third-order valence-corrected chi connectivity index (χ3v) is 3.53. The lowest BCUT2D eigenvalue weighted by atomic mass is 9.96. The van der Waals surface area contributed by atoms with Gasteiger partial charge in [-0.1, -0.05) is 6.07 Å². The van der Waals surface area contributed by atoms with Crippen LogP contribution >= 0.6 is 12.4 Å². The van der Waals surface area contributed by atoms with Gasteiger partial charge in [-0.3, -0.25) is 4.79 Å². The molecular weight excluding hydrogens is 332 g/mol. The number of nitrogens with one attached hydrogen (secondary N) is 1. The van der Waals surface area contributed by atoms with Crippen molar-refractivity contribution in [2.75, 3.05) is 5.32 Å². The number of hydrogen-bond donors (Lipinski definition) is 4. The first kappa shape index (κ1) is 17.3. The Balaban J connectivity index is 0.00000208. The summed E-state index contributed by atoms with van der Waals surface area (Å²) in [5.41, 5.74) is 14.1. The van der Waals surface area contributed by atoms with Gasteiger partial charge < -0.3 is 21.9 Å². The second-order valence-corrected chi connectivity index (χ2v) is 5.17. The van der Waals surface area contributed by atoms with Crippen LogP contribution in [0.4, 0.5) is 11.4 Å². The van der Waals surface area contributed by atoms with Crippen LogP contribution in [-0.2, 0) is 11.2 Å². The molecule has 3 rings (SSSR count). The van der Waals surface area contributed by atoms with Crippen LogP contribution in [0.1, 0.15) is 15.9 Å². The van der Waals surface area contributed by atoms with E-state index in [4.69, 9.17) is 11.5 Å². The van der Waals surface area contributed by atoms with Crippen molar-refractivity contribution in [2.24, 2.45) is 16.5 Å². The number of amides is 1. The fourth-order valence-corrected chi connectivity index (χ4v) is 2.57. The fourth-order valence-electron chi connectivity index (χ4n) is 2.57. The van der Waals surface area contributed by atoms with Gasteiger partial charge in [-0.2, -0.15) is 0 Å². The van der Waals surface area contributed by atoms with Crippen molar-refractivity contribution in [2.45, 2.75) is 6.42 Å².